The summed E-state index contributed by atoms with van der Waals surface area (Å²) in [6.07, 6.45) is 0. The predicted molar refractivity (Wildman–Crippen MR) is 94.3 cm³/mol. The molecule has 0 aromatic heterocycles. The van der Waals surface area contributed by atoms with E-state index in [4.69, 9.17) is 16.7 Å². The fourth-order valence-corrected chi connectivity index (χ4v) is 3.00. The minimum atomic E-state index is -3.81. The Kier molecular flexibility index (Phi) is 5.95. The summed E-state index contributed by atoms with van der Waals surface area (Å²) in [4.78, 5) is 11.9. The molecule has 6 nitrogen and oxygen atoms in total. The zero-order valence-corrected chi connectivity index (χ0v) is 14.6. The van der Waals surface area contributed by atoms with Crippen molar-refractivity contribution in [1.29, 1.82) is 0 Å². The van der Waals surface area contributed by atoms with Gasteiger partial charge in [-0.05, 0) is 36.8 Å². The van der Waals surface area contributed by atoms with E-state index in [9.17, 15) is 13.2 Å². The molecule has 8 heteroatoms. The molecule has 0 spiro atoms. The van der Waals surface area contributed by atoms with Gasteiger partial charge in [0.1, 0.15) is 0 Å². The normalized spacial score (nSPS) is 12.6. The Balaban J connectivity index is 1.96. The summed E-state index contributed by atoms with van der Waals surface area (Å²) in [6, 6.07) is 13.0. The molecule has 4 N–H and O–H groups in total. The van der Waals surface area contributed by atoms with Crippen LogP contribution in [0.15, 0.2) is 53.4 Å². The zero-order chi connectivity index (χ0) is 17.7. The van der Waals surface area contributed by atoms with Crippen molar-refractivity contribution in [2.45, 2.75) is 17.9 Å². The summed E-state index contributed by atoms with van der Waals surface area (Å²) < 4.78 is 22.6. The van der Waals surface area contributed by atoms with Crippen LogP contribution in [0.5, 0.6) is 0 Å². The number of benzene rings is 2. The van der Waals surface area contributed by atoms with Gasteiger partial charge in [-0.1, -0.05) is 35.9 Å². The van der Waals surface area contributed by atoms with E-state index in [2.05, 4.69) is 10.6 Å². The van der Waals surface area contributed by atoms with Crippen LogP contribution in [-0.2, 0) is 14.8 Å². The van der Waals surface area contributed by atoms with Gasteiger partial charge >= 0.3 is 0 Å². The largest absolute Gasteiger partial charge is 0.325 e. The van der Waals surface area contributed by atoms with Gasteiger partial charge in [0.15, 0.2) is 0 Å². The number of nitrogens with two attached hydrogens (primary N) is 1. The van der Waals surface area contributed by atoms with Crippen molar-refractivity contribution in [3.63, 3.8) is 0 Å². The van der Waals surface area contributed by atoms with Crippen LogP contribution < -0.4 is 15.8 Å². The van der Waals surface area contributed by atoms with Gasteiger partial charge in [0.2, 0.25) is 15.9 Å². The molecule has 2 aromatic carbocycles. The van der Waals surface area contributed by atoms with E-state index in [-0.39, 0.29) is 23.4 Å². The average Bonchev–Trinajstić information content (AvgIpc) is 2.52. The number of sulfonamides is 1. The minimum Gasteiger partial charge on any atom is -0.325 e. The van der Waals surface area contributed by atoms with Crippen molar-refractivity contribution in [2.24, 2.45) is 5.14 Å². The molecule has 2 aromatic rings. The first-order chi connectivity index (χ1) is 11.3. The molecule has 0 saturated heterocycles. The number of rotatable bonds is 6. The van der Waals surface area contributed by atoms with Crippen LogP contribution in [0.3, 0.4) is 0 Å². The van der Waals surface area contributed by atoms with Crippen molar-refractivity contribution in [3.8, 4) is 0 Å². The van der Waals surface area contributed by atoms with E-state index in [0.29, 0.717) is 10.7 Å². The van der Waals surface area contributed by atoms with Gasteiger partial charge in [0.05, 0.1) is 11.4 Å². The lowest BCUT2D eigenvalue weighted by molar-refractivity contribution is -0.115. The van der Waals surface area contributed by atoms with Gasteiger partial charge in [-0.3, -0.25) is 4.79 Å². The quantitative estimate of drug-likeness (QED) is 0.728. The highest BCUT2D eigenvalue weighted by atomic mass is 35.5. The molecule has 0 radical (unpaired) electrons. The number of halogens is 1. The maximum absolute atomic E-state index is 12.0. The number of carbonyl (C=O) groups excluding carboxylic acids is 1. The first-order valence-electron chi connectivity index (χ1n) is 7.18. The summed E-state index contributed by atoms with van der Waals surface area (Å²) in [5.74, 6) is -0.305. The van der Waals surface area contributed by atoms with Gasteiger partial charge in [-0.25, -0.2) is 13.6 Å². The number of primary sulfonamides is 1. The molecule has 128 valence electrons. The smallest absolute Gasteiger partial charge is 0.238 e. The summed E-state index contributed by atoms with van der Waals surface area (Å²) >= 11 is 6.12. The molecule has 1 amide bonds. The number of nitrogens with one attached hydrogen (secondary N) is 2. The fourth-order valence-electron chi connectivity index (χ4n) is 2.14. The van der Waals surface area contributed by atoms with Crippen LogP contribution in [0.4, 0.5) is 5.69 Å². The van der Waals surface area contributed by atoms with Gasteiger partial charge in [0, 0.05) is 16.8 Å². The second-order valence-corrected chi connectivity index (χ2v) is 7.21. The van der Waals surface area contributed by atoms with Crippen LogP contribution in [0, 0.1) is 0 Å². The van der Waals surface area contributed by atoms with Gasteiger partial charge in [-0.15, -0.1) is 0 Å². The topological polar surface area (TPSA) is 101 Å². The Morgan fingerprint density at radius 1 is 1.21 bits per heavy atom. The van der Waals surface area contributed by atoms with Crippen LogP contribution >= 0.6 is 11.6 Å². The molecule has 0 aliphatic carbocycles. The Morgan fingerprint density at radius 2 is 1.92 bits per heavy atom. The predicted octanol–water partition coefficient (Wildman–Crippen LogP) is 2.28. The van der Waals surface area contributed by atoms with Gasteiger partial charge in [0.25, 0.3) is 0 Å². The van der Waals surface area contributed by atoms with E-state index >= 15 is 0 Å². The minimum absolute atomic E-state index is 0.0476. The molecule has 24 heavy (non-hydrogen) atoms. The van der Waals surface area contributed by atoms with Gasteiger partial charge in [-0.2, -0.15) is 0 Å². The molecule has 0 bridgehead atoms. The van der Waals surface area contributed by atoms with E-state index in [1.54, 1.807) is 12.1 Å². The van der Waals surface area contributed by atoms with E-state index in [0.717, 1.165) is 5.56 Å². The number of carbonyl (C=O) groups is 1. The second-order valence-electron chi connectivity index (χ2n) is 5.25. The molecule has 0 aliphatic rings. The SMILES string of the molecule is C[C@@H](NCC(=O)Nc1cccc(S(N)(=O)=O)c1)c1ccccc1Cl. The second kappa shape index (κ2) is 7.76. The highest BCUT2D eigenvalue weighted by Crippen LogP contribution is 2.22. The summed E-state index contributed by atoms with van der Waals surface area (Å²) in [5, 5.41) is 11.4. The van der Waals surface area contributed by atoms with Crippen molar-refractivity contribution in [3.05, 3.63) is 59.1 Å². The Labute approximate surface area is 146 Å². The third-order valence-electron chi connectivity index (χ3n) is 3.39. The number of hydrogen-bond donors (Lipinski definition) is 3. The number of hydrogen-bond acceptors (Lipinski definition) is 4. The highest BCUT2D eigenvalue weighted by Gasteiger charge is 2.12. The lowest BCUT2D eigenvalue weighted by atomic mass is 10.1. The van der Waals surface area contributed by atoms with Crippen molar-refractivity contribution >= 4 is 33.2 Å². The summed E-state index contributed by atoms with van der Waals surface area (Å²) in [6.45, 7) is 1.95. The molecule has 0 heterocycles. The Bertz CT molecular complexity index is 840. The Morgan fingerprint density at radius 3 is 2.58 bits per heavy atom. The lowest BCUT2D eigenvalue weighted by Crippen LogP contribution is -2.30. The van der Waals surface area contributed by atoms with E-state index in [1.165, 1.54) is 18.2 Å². The average molecular weight is 368 g/mol. The van der Waals surface area contributed by atoms with E-state index < -0.39 is 10.0 Å². The van der Waals surface area contributed by atoms with Gasteiger partial charge < -0.3 is 10.6 Å². The zero-order valence-electron chi connectivity index (χ0n) is 13.0. The number of anilines is 1. The maximum Gasteiger partial charge on any atom is 0.238 e. The molecule has 2 rings (SSSR count). The molecular formula is C16H18ClN3O3S. The molecule has 0 unspecified atom stereocenters. The van der Waals surface area contributed by atoms with Crippen LogP contribution in [0.1, 0.15) is 18.5 Å². The monoisotopic (exact) mass is 367 g/mol. The summed E-state index contributed by atoms with van der Waals surface area (Å²) in [5.41, 5.74) is 1.25. The molecule has 0 aliphatic heterocycles. The standard InChI is InChI=1S/C16H18ClN3O3S/c1-11(14-7-2-3-8-15(14)17)19-10-16(21)20-12-5-4-6-13(9-12)24(18,22)23/h2-9,11,19H,10H2,1H3,(H,20,21)(H2,18,22,23)/t11-/m1/s1. The molecule has 0 fully saturated rings. The summed E-state index contributed by atoms with van der Waals surface area (Å²) in [7, 11) is -3.81. The van der Waals surface area contributed by atoms with Crippen LogP contribution in [0.25, 0.3) is 0 Å². The third-order valence-corrected chi connectivity index (χ3v) is 4.64. The van der Waals surface area contributed by atoms with Crippen LogP contribution in [0.2, 0.25) is 5.02 Å². The highest BCUT2D eigenvalue weighted by molar-refractivity contribution is 7.89. The van der Waals surface area contributed by atoms with Crippen molar-refractivity contribution in [2.75, 3.05) is 11.9 Å². The molecule has 0 saturated carbocycles. The fraction of sp³-hybridized carbons (Fsp3) is 0.188. The molecule has 1 atom stereocenters. The number of amides is 1. The maximum atomic E-state index is 12.0. The first kappa shape index (κ1) is 18.4. The van der Waals surface area contributed by atoms with Crippen LogP contribution in [-0.4, -0.2) is 20.9 Å². The Hall–Kier alpha value is -1.93. The van der Waals surface area contributed by atoms with Crippen molar-refractivity contribution < 1.29 is 13.2 Å². The van der Waals surface area contributed by atoms with E-state index in [1.807, 2.05) is 25.1 Å². The third kappa shape index (κ3) is 5.04. The lowest BCUT2D eigenvalue weighted by Gasteiger charge is -2.15. The first-order valence-corrected chi connectivity index (χ1v) is 9.10. The van der Waals surface area contributed by atoms with Crippen molar-refractivity contribution in [1.82, 2.24) is 5.32 Å². The molecular weight excluding hydrogens is 350 g/mol.